The van der Waals surface area contributed by atoms with Gasteiger partial charge in [-0.1, -0.05) is 26.0 Å². The fourth-order valence-electron chi connectivity index (χ4n) is 2.87. The van der Waals surface area contributed by atoms with Gasteiger partial charge in [-0.15, -0.1) is 21.5 Å². The Kier molecular flexibility index (Phi) is 6.45. The van der Waals surface area contributed by atoms with Crippen molar-refractivity contribution in [1.29, 1.82) is 0 Å². The number of aliphatic imine (C=N–C) groups is 1. The first-order chi connectivity index (χ1) is 13.1. The average Bonchev–Trinajstić information content (AvgIpc) is 3.34. The second-order valence-corrected chi connectivity index (χ2v) is 8.08. The van der Waals surface area contributed by atoms with Crippen molar-refractivity contribution in [3.63, 3.8) is 0 Å². The summed E-state index contributed by atoms with van der Waals surface area (Å²) in [4.78, 5) is 6.16. The number of guanidine groups is 1. The molecular formula is C20H28N6S. The molecule has 0 aliphatic rings. The van der Waals surface area contributed by atoms with Crippen LogP contribution >= 0.6 is 11.3 Å². The van der Waals surface area contributed by atoms with Crippen molar-refractivity contribution in [2.24, 2.45) is 4.99 Å². The van der Waals surface area contributed by atoms with E-state index in [9.17, 15) is 0 Å². The van der Waals surface area contributed by atoms with E-state index in [1.54, 1.807) is 11.3 Å². The molecule has 0 fully saturated rings. The summed E-state index contributed by atoms with van der Waals surface area (Å²) in [6.45, 7) is 9.00. The quantitative estimate of drug-likeness (QED) is 0.355. The number of pyridine rings is 1. The number of hydrogen-bond donors (Lipinski definition) is 2. The number of hydrogen-bond acceptors (Lipinski definition) is 4. The normalized spacial score (nSPS) is 12.5. The molecule has 3 rings (SSSR count). The van der Waals surface area contributed by atoms with E-state index >= 15 is 0 Å². The number of thiophene rings is 1. The van der Waals surface area contributed by atoms with E-state index in [4.69, 9.17) is 4.99 Å². The fraction of sp³-hybridized carbons (Fsp3) is 0.450. The minimum absolute atomic E-state index is 0.0386. The molecule has 0 aliphatic heterocycles. The van der Waals surface area contributed by atoms with Gasteiger partial charge in [0.2, 0.25) is 0 Å². The first-order valence-corrected chi connectivity index (χ1v) is 10.3. The van der Waals surface area contributed by atoms with Crippen LogP contribution in [0.3, 0.4) is 0 Å². The van der Waals surface area contributed by atoms with Crippen LogP contribution in [0.1, 0.15) is 37.9 Å². The molecule has 0 saturated heterocycles. The monoisotopic (exact) mass is 384 g/mol. The number of rotatable bonds is 8. The molecule has 0 spiro atoms. The predicted molar refractivity (Wildman–Crippen MR) is 113 cm³/mol. The third kappa shape index (κ3) is 5.07. The zero-order valence-electron chi connectivity index (χ0n) is 16.3. The molecule has 0 atom stereocenters. The lowest BCUT2D eigenvalue weighted by Crippen LogP contribution is -2.39. The maximum Gasteiger partial charge on any atom is 0.191 e. The lowest BCUT2D eigenvalue weighted by Gasteiger charge is -2.21. The van der Waals surface area contributed by atoms with Crippen LogP contribution in [0.5, 0.6) is 0 Å². The van der Waals surface area contributed by atoms with Crippen LogP contribution in [0.2, 0.25) is 0 Å². The van der Waals surface area contributed by atoms with Crippen LogP contribution in [-0.2, 0) is 11.8 Å². The molecule has 0 aliphatic carbocycles. The summed E-state index contributed by atoms with van der Waals surface area (Å²) >= 11 is 1.79. The number of aromatic nitrogens is 3. The molecule has 3 aromatic heterocycles. The van der Waals surface area contributed by atoms with E-state index in [-0.39, 0.29) is 5.41 Å². The molecule has 0 aromatic carbocycles. The van der Waals surface area contributed by atoms with Gasteiger partial charge in [-0.25, -0.2) is 0 Å². The Hall–Kier alpha value is -2.41. The second kappa shape index (κ2) is 8.99. The molecule has 3 heterocycles. The van der Waals surface area contributed by atoms with Gasteiger partial charge in [0, 0.05) is 36.0 Å². The summed E-state index contributed by atoms with van der Waals surface area (Å²) < 4.78 is 2.04. The molecule has 0 bridgehead atoms. The van der Waals surface area contributed by atoms with Crippen LogP contribution in [0.4, 0.5) is 0 Å². The number of nitrogens with one attached hydrogen (secondary N) is 2. The Balaban J connectivity index is 1.52. The van der Waals surface area contributed by atoms with Crippen LogP contribution in [0, 0.1) is 0 Å². The molecule has 0 unspecified atom stereocenters. The molecule has 0 radical (unpaired) electrons. The summed E-state index contributed by atoms with van der Waals surface area (Å²) in [6, 6.07) is 10.2. The molecule has 27 heavy (non-hydrogen) atoms. The van der Waals surface area contributed by atoms with Gasteiger partial charge in [0.15, 0.2) is 11.6 Å². The Morgan fingerprint density at radius 3 is 2.85 bits per heavy atom. The topological polar surface area (TPSA) is 66.6 Å². The summed E-state index contributed by atoms with van der Waals surface area (Å²) in [6.07, 6.45) is 3.85. The Labute approximate surface area is 164 Å². The van der Waals surface area contributed by atoms with Crippen molar-refractivity contribution in [2.75, 3.05) is 19.6 Å². The van der Waals surface area contributed by atoms with E-state index in [1.807, 2.05) is 28.8 Å². The lowest BCUT2D eigenvalue weighted by atomic mass is 9.92. The molecule has 3 aromatic rings. The van der Waals surface area contributed by atoms with Crippen LogP contribution in [0.25, 0.3) is 5.65 Å². The molecular weight excluding hydrogens is 356 g/mol. The highest BCUT2D eigenvalue weighted by molar-refractivity contribution is 7.10. The Morgan fingerprint density at radius 2 is 2.07 bits per heavy atom. The summed E-state index contributed by atoms with van der Waals surface area (Å²) in [7, 11) is 0. The minimum Gasteiger partial charge on any atom is -0.357 e. The number of nitrogens with zero attached hydrogens (tertiary/aromatic N) is 4. The highest BCUT2D eigenvalue weighted by Gasteiger charge is 2.21. The second-order valence-electron chi connectivity index (χ2n) is 7.13. The van der Waals surface area contributed by atoms with Crippen molar-refractivity contribution in [1.82, 2.24) is 25.2 Å². The van der Waals surface area contributed by atoms with Crippen molar-refractivity contribution in [3.8, 4) is 0 Å². The molecule has 0 amide bonds. The van der Waals surface area contributed by atoms with Gasteiger partial charge < -0.3 is 10.6 Å². The fourth-order valence-corrected chi connectivity index (χ4v) is 3.72. The van der Waals surface area contributed by atoms with Gasteiger partial charge in [0.25, 0.3) is 0 Å². The van der Waals surface area contributed by atoms with Crippen molar-refractivity contribution < 1.29 is 0 Å². The molecule has 2 N–H and O–H groups in total. The van der Waals surface area contributed by atoms with Crippen LogP contribution in [-0.4, -0.2) is 40.2 Å². The zero-order chi connectivity index (χ0) is 19.1. The largest absolute Gasteiger partial charge is 0.357 e. The maximum atomic E-state index is 4.79. The van der Waals surface area contributed by atoms with E-state index in [0.29, 0.717) is 0 Å². The summed E-state index contributed by atoms with van der Waals surface area (Å²) in [5.41, 5.74) is 0.933. The first-order valence-electron chi connectivity index (χ1n) is 9.45. The third-order valence-electron chi connectivity index (χ3n) is 4.42. The molecule has 144 valence electrons. The smallest absolute Gasteiger partial charge is 0.191 e. The van der Waals surface area contributed by atoms with Crippen LogP contribution in [0.15, 0.2) is 46.9 Å². The average molecular weight is 385 g/mol. The highest BCUT2D eigenvalue weighted by atomic mass is 32.1. The van der Waals surface area contributed by atoms with E-state index in [1.165, 1.54) is 4.88 Å². The van der Waals surface area contributed by atoms with Gasteiger partial charge in [-0.05, 0) is 36.9 Å². The van der Waals surface area contributed by atoms with Crippen LogP contribution < -0.4 is 10.6 Å². The standard InChI is InChI=1S/C20H28N6S/c1-4-21-19(23-15-20(2,3)16-9-8-14-27-16)22-12-7-11-18-25-24-17-10-5-6-13-26(17)18/h5-6,8-10,13-14H,4,7,11-12,15H2,1-3H3,(H2,21,22,23). The molecule has 0 saturated carbocycles. The van der Waals surface area contributed by atoms with Crippen molar-refractivity contribution >= 4 is 22.9 Å². The SMILES string of the molecule is CCNC(=NCC(C)(C)c1cccs1)NCCCc1nnc2ccccn12. The van der Waals surface area contributed by atoms with Crippen molar-refractivity contribution in [3.05, 3.63) is 52.6 Å². The number of fused-ring (bicyclic) bond motifs is 1. The zero-order valence-corrected chi connectivity index (χ0v) is 17.1. The van der Waals surface area contributed by atoms with Gasteiger partial charge in [-0.3, -0.25) is 9.39 Å². The molecule has 6 nitrogen and oxygen atoms in total. The summed E-state index contributed by atoms with van der Waals surface area (Å²) in [5.74, 6) is 1.86. The third-order valence-corrected chi connectivity index (χ3v) is 5.65. The first kappa shape index (κ1) is 19.4. The Morgan fingerprint density at radius 1 is 1.19 bits per heavy atom. The predicted octanol–water partition coefficient (Wildman–Crippen LogP) is 3.26. The van der Waals surface area contributed by atoms with E-state index in [0.717, 1.165) is 49.9 Å². The molecule has 7 heteroatoms. The minimum atomic E-state index is 0.0386. The van der Waals surface area contributed by atoms with Crippen molar-refractivity contribution in [2.45, 2.75) is 39.0 Å². The van der Waals surface area contributed by atoms with Gasteiger partial charge in [0.1, 0.15) is 5.82 Å². The Bertz CT molecular complexity index is 866. The maximum absolute atomic E-state index is 4.79. The number of aryl methyl sites for hydroxylation is 1. The van der Waals surface area contributed by atoms with E-state index < -0.39 is 0 Å². The van der Waals surface area contributed by atoms with Gasteiger partial charge in [0.05, 0.1) is 6.54 Å². The highest BCUT2D eigenvalue weighted by Crippen LogP contribution is 2.27. The lowest BCUT2D eigenvalue weighted by molar-refractivity contribution is 0.548. The van der Waals surface area contributed by atoms with Gasteiger partial charge >= 0.3 is 0 Å². The van der Waals surface area contributed by atoms with Gasteiger partial charge in [-0.2, -0.15) is 0 Å². The summed E-state index contributed by atoms with van der Waals surface area (Å²) in [5, 5.41) is 17.4. The van der Waals surface area contributed by atoms with E-state index in [2.05, 4.69) is 59.1 Å².